The molecule has 0 saturated heterocycles. The molecule has 0 radical (unpaired) electrons. The lowest BCUT2D eigenvalue weighted by atomic mass is 10.1. The minimum absolute atomic E-state index is 0.123. The van der Waals surface area contributed by atoms with Crippen molar-refractivity contribution in [3.8, 4) is 0 Å². The van der Waals surface area contributed by atoms with E-state index in [2.05, 4.69) is 21.1 Å². The van der Waals surface area contributed by atoms with E-state index in [-0.39, 0.29) is 5.84 Å². The van der Waals surface area contributed by atoms with Crippen molar-refractivity contribution in [2.45, 2.75) is 16.7 Å². The Morgan fingerprint density at radius 1 is 1.26 bits per heavy atom. The van der Waals surface area contributed by atoms with Crippen LogP contribution in [-0.4, -0.2) is 11.0 Å². The number of hydrogen-bond donors (Lipinski definition) is 2. The molecule has 0 bridgehead atoms. The second-order valence-corrected chi connectivity index (χ2v) is 6.08. The summed E-state index contributed by atoms with van der Waals surface area (Å²) in [6, 6.07) is 13.8. The van der Waals surface area contributed by atoms with E-state index in [0.717, 1.165) is 25.4 Å². The standard InChI is InChI=1S/C14H13BrN2OS/c1-9-5-6-12(14(16)17-18)13(7-9)19-11-4-2-3-10(15)8-11/h2-8,18H,1H3,(H2,16,17). The summed E-state index contributed by atoms with van der Waals surface area (Å²) in [5.74, 6) is 0.123. The first-order chi connectivity index (χ1) is 9.10. The molecule has 0 saturated carbocycles. The third-order valence-electron chi connectivity index (χ3n) is 2.54. The van der Waals surface area contributed by atoms with E-state index < -0.39 is 0 Å². The van der Waals surface area contributed by atoms with Crippen molar-refractivity contribution >= 4 is 33.5 Å². The molecule has 2 aromatic rings. The SMILES string of the molecule is Cc1ccc(C(N)=NO)c(Sc2cccc(Br)c2)c1. The van der Waals surface area contributed by atoms with Gasteiger partial charge in [0.05, 0.1) is 0 Å². The van der Waals surface area contributed by atoms with Crippen LogP contribution in [0.25, 0.3) is 0 Å². The van der Waals surface area contributed by atoms with Gasteiger partial charge in [0.25, 0.3) is 0 Å². The van der Waals surface area contributed by atoms with Crippen LogP contribution in [0, 0.1) is 6.92 Å². The topological polar surface area (TPSA) is 58.6 Å². The van der Waals surface area contributed by atoms with Gasteiger partial charge in [-0.3, -0.25) is 0 Å². The highest BCUT2D eigenvalue weighted by Gasteiger charge is 2.09. The molecule has 5 heteroatoms. The second-order valence-electron chi connectivity index (χ2n) is 4.04. The zero-order chi connectivity index (χ0) is 13.8. The van der Waals surface area contributed by atoms with E-state index in [1.54, 1.807) is 11.8 Å². The molecule has 0 heterocycles. The zero-order valence-electron chi connectivity index (χ0n) is 10.3. The lowest BCUT2D eigenvalue weighted by Gasteiger charge is -2.09. The number of benzene rings is 2. The van der Waals surface area contributed by atoms with E-state index in [0.29, 0.717) is 0 Å². The maximum atomic E-state index is 8.84. The Bertz CT molecular complexity index is 629. The van der Waals surface area contributed by atoms with Crippen molar-refractivity contribution in [1.82, 2.24) is 0 Å². The zero-order valence-corrected chi connectivity index (χ0v) is 12.7. The van der Waals surface area contributed by atoms with Gasteiger partial charge in [0.15, 0.2) is 5.84 Å². The van der Waals surface area contributed by atoms with Crippen LogP contribution in [0.15, 0.2) is 61.9 Å². The highest BCUT2D eigenvalue weighted by molar-refractivity contribution is 9.10. The van der Waals surface area contributed by atoms with Crippen LogP contribution >= 0.6 is 27.7 Å². The third kappa shape index (κ3) is 3.52. The summed E-state index contributed by atoms with van der Waals surface area (Å²) in [7, 11) is 0. The highest BCUT2D eigenvalue weighted by atomic mass is 79.9. The molecule has 0 unspecified atom stereocenters. The van der Waals surface area contributed by atoms with Gasteiger partial charge in [-0.2, -0.15) is 0 Å². The number of nitrogens with zero attached hydrogens (tertiary/aromatic N) is 1. The van der Waals surface area contributed by atoms with Gasteiger partial charge in [0.2, 0.25) is 0 Å². The van der Waals surface area contributed by atoms with Crippen molar-refractivity contribution in [3.63, 3.8) is 0 Å². The first kappa shape index (κ1) is 14.0. The van der Waals surface area contributed by atoms with Crippen LogP contribution in [0.2, 0.25) is 0 Å². The van der Waals surface area contributed by atoms with Crippen LogP contribution < -0.4 is 5.73 Å². The van der Waals surface area contributed by atoms with Crippen molar-refractivity contribution in [2.24, 2.45) is 10.9 Å². The first-order valence-electron chi connectivity index (χ1n) is 5.62. The van der Waals surface area contributed by atoms with Gasteiger partial charge in [-0.15, -0.1) is 0 Å². The molecule has 3 N–H and O–H groups in total. The molecule has 0 aromatic heterocycles. The summed E-state index contributed by atoms with van der Waals surface area (Å²) in [6.07, 6.45) is 0. The number of nitrogens with two attached hydrogens (primary N) is 1. The number of halogens is 1. The van der Waals surface area contributed by atoms with Crippen LogP contribution in [0.1, 0.15) is 11.1 Å². The summed E-state index contributed by atoms with van der Waals surface area (Å²) < 4.78 is 1.02. The molecular weight excluding hydrogens is 324 g/mol. The largest absolute Gasteiger partial charge is 0.409 e. The van der Waals surface area contributed by atoms with Crippen molar-refractivity contribution < 1.29 is 5.21 Å². The molecule has 2 rings (SSSR count). The van der Waals surface area contributed by atoms with Crippen LogP contribution in [0.4, 0.5) is 0 Å². The number of aryl methyl sites for hydroxylation is 1. The highest BCUT2D eigenvalue weighted by Crippen LogP contribution is 2.32. The Labute approximate surface area is 124 Å². The number of rotatable bonds is 3. The van der Waals surface area contributed by atoms with E-state index in [1.807, 2.05) is 49.4 Å². The normalized spacial score (nSPS) is 11.6. The average Bonchev–Trinajstić information content (AvgIpc) is 2.38. The van der Waals surface area contributed by atoms with Gasteiger partial charge >= 0.3 is 0 Å². The molecule has 0 atom stereocenters. The average molecular weight is 337 g/mol. The molecule has 0 aliphatic carbocycles. The second kappa shape index (κ2) is 6.12. The van der Waals surface area contributed by atoms with Crippen molar-refractivity contribution in [1.29, 1.82) is 0 Å². The Kier molecular flexibility index (Phi) is 4.50. The minimum Gasteiger partial charge on any atom is -0.409 e. The van der Waals surface area contributed by atoms with Crippen molar-refractivity contribution in [3.05, 3.63) is 58.1 Å². The van der Waals surface area contributed by atoms with Crippen LogP contribution in [-0.2, 0) is 0 Å². The van der Waals surface area contributed by atoms with Gasteiger partial charge < -0.3 is 10.9 Å². The molecule has 0 spiro atoms. The lowest BCUT2D eigenvalue weighted by Crippen LogP contribution is -2.14. The van der Waals surface area contributed by atoms with E-state index >= 15 is 0 Å². The minimum atomic E-state index is 0.123. The van der Waals surface area contributed by atoms with Gasteiger partial charge in [0.1, 0.15) is 0 Å². The fourth-order valence-electron chi connectivity index (χ4n) is 1.64. The maximum Gasteiger partial charge on any atom is 0.171 e. The van der Waals surface area contributed by atoms with Crippen LogP contribution in [0.3, 0.4) is 0 Å². The maximum absolute atomic E-state index is 8.84. The van der Waals surface area contributed by atoms with E-state index in [4.69, 9.17) is 10.9 Å². The summed E-state index contributed by atoms with van der Waals surface area (Å²) in [5, 5.41) is 11.9. The molecule has 2 aromatic carbocycles. The molecular formula is C14H13BrN2OS. The fourth-order valence-corrected chi connectivity index (χ4v) is 3.30. The van der Waals surface area contributed by atoms with Gasteiger partial charge in [0, 0.05) is 19.8 Å². The smallest absolute Gasteiger partial charge is 0.171 e. The molecule has 0 amide bonds. The van der Waals surface area contributed by atoms with E-state index in [9.17, 15) is 0 Å². The van der Waals surface area contributed by atoms with Gasteiger partial charge in [-0.25, -0.2) is 0 Å². The van der Waals surface area contributed by atoms with Gasteiger partial charge in [-0.1, -0.05) is 45.0 Å². The molecule has 3 nitrogen and oxygen atoms in total. The van der Waals surface area contributed by atoms with E-state index in [1.165, 1.54) is 0 Å². The number of hydrogen-bond acceptors (Lipinski definition) is 3. The lowest BCUT2D eigenvalue weighted by molar-refractivity contribution is 0.318. The molecule has 19 heavy (non-hydrogen) atoms. The monoisotopic (exact) mass is 336 g/mol. The first-order valence-corrected chi connectivity index (χ1v) is 7.23. The Morgan fingerprint density at radius 3 is 2.74 bits per heavy atom. The quantitative estimate of drug-likeness (QED) is 0.385. The molecule has 0 fully saturated rings. The number of oxime groups is 1. The van der Waals surface area contributed by atoms with Crippen LogP contribution in [0.5, 0.6) is 0 Å². The molecule has 98 valence electrons. The Morgan fingerprint density at radius 2 is 2.05 bits per heavy atom. The Hall–Kier alpha value is -1.46. The van der Waals surface area contributed by atoms with Crippen molar-refractivity contribution in [2.75, 3.05) is 0 Å². The molecule has 0 aliphatic rings. The molecule has 0 aliphatic heterocycles. The number of amidine groups is 1. The third-order valence-corrected chi connectivity index (χ3v) is 4.09. The predicted octanol–water partition coefficient (Wildman–Crippen LogP) is 4.00. The fraction of sp³-hybridized carbons (Fsp3) is 0.0714. The predicted molar refractivity (Wildman–Crippen MR) is 82.0 cm³/mol. The Balaban J connectivity index is 2.41. The summed E-state index contributed by atoms with van der Waals surface area (Å²) in [5.41, 5.74) is 7.57. The van der Waals surface area contributed by atoms with Gasteiger partial charge in [-0.05, 0) is 42.8 Å². The summed E-state index contributed by atoms with van der Waals surface area (Å²) in [6.45, 7) is 2.01. The summed E-state index contributed by atoms with van der Waals surface area (Å²) in [4.78, 5) is 2.06. The summed E-state index contributed by atoms with van der Waals surface area (Å²) >= 11 is 5.03.